The van der Waals surface area contributed by atoms with E-state index in [1.807, 2.05) is 85.3 Å². The van der Waals surface area contributed by atoms with E-state index in [-0.39, 0.29) is 20.1 Å². The van der Waals surface area contributed by atoms with Crippen LogP contribution in [0, 0.1) is 18.2 Å². The summed E-state index contributed by atoms with van der Waals surface area (Å²) in [6.45, 7) is 0. The fourth-order valence-corrected chi connectivity index (χ4v) is 10.0. The van der Waals surface area contributed by atoms with Crippen LogP contribution < -0.4 is 0 Å². The number of aromatic nitrogens is 6. The molecule has 13 rings (SSSR count). The molecule has 0 saturated carbocycles. The van der Waals surface area contributed by atoms with Crippen LogP contribution in [0.1, 0.15) is 0 Å². The second-order valence-electron chi connectivity index (χ2n) is 17.8. The van der Waals surface area contributed by atoms with Gasteiger partial charge in [-0.1, -0.05) is 169 Å². The number of rotatable bonds is 10. The van der Waals surface area contributed by atoms with Gasteiger partial charge < -0.3 is 29.5 Å². The summed E-state index contributed by atoms with van der Waals surface area (Å²) in [7, 11) is 0. The van der Waals surface area contributed by atoms with Crippen LogP contribution in [-0.4, -0.2) is 29.5 Å². The Morgan fingerprint density at radius 1 is 0.297 bits per heavy atom. The van der Waals surface area contributed by atoms with Gasteiger partial charge in [-0.25, -0.2) is 0 Å². The molecule has 6 heterocycles. The second kappa shape index (κ2) is 20.1. The molecule has 0 aliphatic carbocycles. The number of hydrogen-bond donors (Lipinski definition) is 0. The van der Waals surface area contributed by atoms with E-state index < -0.39 is 0 Å². The Hall–Kier alpha value is -9.26. The first kappa shape index (κ1) is 45.9. The molecular weight excluding hydrogens is 1080 g/mol. The molecule has 13 aromatic rings. The first-order chi connectivity index (χ1) is 36.2. The molecule has 0 unspecified atom stereocenters. The molecule has 0 bridgehead atoms. The first-order valence-electron chi connectivity index (χ1n) is 24.2. The van der Waals surface area contributed by atoms with Crippen molar-refractivity contribution in [2.24, 2.45) is 0 Å². The van der Waals surface area contributed by atoms with Crippen LogP contribution in [0.15, 0.2) is 249 Å². The molecule has 0 atom stereocenters. The first-order valence-corrected chi connectivity index (χ1v) is 24.2. The van der Waals surface area contributed by atoms with Crippen molar-refractivity contribution in [1.82, 2.24) is 29.5 Å². The number of pyridine rings is 5. The van der Waals surface area contributed by atoms with E-state index in [0.29, 0.717) is 0 Å². The molecule has 0 radical (unpaired) electrons. The van der Waals surface area contributed by atoms with Gasteiger partial charge in [-0.3, -0.25) is 0 Å². The summed E-state index contributed by atoms with van der Waals surface area (Å²) in [5, 5.41) is 2.38. The predicted molar refractivity (Wildman–Crippen MR) is 295 cm³/mol. The van der Waals surface area contributed by atoms with Crippen molar-refractivity contribution in [3.05, 3.63) is 268 Å². The van der Waals surface area contributed by atoms with Crippen LogP contribution in [0.25, 0.3) is 128 Å². The summed E-state index contributed by atoms with van der Waals surface area (Å²) < 4.78 is 2.40. The summed E-state index contributed by atoms with van der Waals surface area (Å²) in [4.78, 5) is 23.9. The van der Waals surface area contributed by atoms with Crippen LogP contribution >= 0.6 is 0 Å². The predicted octanol–water partition coefficient (Wildman–Crippen LogP) is 16.2. The Morgan fingerprint density at radius 3 is 1.11 bits per heavy atom. The van der Waals surface area contributed by atoms with Gasteiger partial charge in [0.2, 0.25) is 0 Å². The molecule has 6 aromatic heterocycles. The Morgan fingerprint density at radius 2 is 0.676 bits per heavy atom. The van der Waals surface area contributed by atoms with E-state index in [2.05, 4.69) is 184 Å². The summed E-state index contributed by atoms with van der Waals surface area (Å²) >= 11 is 0. The zero-order valence-electron chi connectivity index (χ0n) is 39.7. The van der Waals surface area contributed by atoms with Crippen molar-refractivity contribution in [3.8, 4) is 106 Å². The molecule has 7 heteroatoms. The minimum atomic E-state index is 0. The second-order valence-corrected chi connectivity index (χ2v) is 17.8. The number of para-hydroxylation sites is 2. The Labute approximate surface area is 442 Å². The van der Waals surface area contributed by atoms with Gasteiger partial charge in [0.25, 0.3) is 0 Å². The Kier molecular flexibility index (Phi) is 12.5. The Balaban J connectivity index is 0.00000556. The van der Waals surface area contributed by atoms with Crippen molar-refractivity contribution in [3.63, 3.8) is 0 Å². The maximum absolute atomic E-state index is 5.02. The molecule has 7 aromatic carbocycles. The van der Waals surface area contributed by atoms with Gasteiger partial charge >= 0.3 is 20.1 Å². The van der Waals surface area contributed by atoms with Crippen molar-refractivity contribution >= 4 is 21.8 Å². The summed E-state index contributed by atoms with van der Waals surface area (Å²) in [6.07, 6.45) is 9.14. The van der Waals surface area contributed by atoms with Crippen LogP contribution in [-0.2, 0) is 20.1 Å². The molecule has 0 amide bonds. The third-order valence-corrected chi connectivity index (χ3v) is 13.5. The van der Waals surface area contributed by atoms with Gasteiger partial charge in [0, 0.05) is 29.4 Å². The molecule has 74 heavy (non-hydrogen) atoms. The van der Waals surface area contributed by atoms with Gasteiger partial charge in [-0.15, -0.1) is 59.2 Å². The fraction of sp³-hybridized carbons (Fsp3) is 0. The van der Waals surface area contributed by atoms with E-state index >= 15 is 0 Å². The normalized spacial score (nSPS) is 11.1. The van der Waals surface area contributed by atoms with E-state index in [1.165, 1.54) is 10.8 Å². The maximum atomic E-state index is 5.02. The zero-order chi connectivity index (χ0) is 48.5. The van der Waals surface area contributed by atoms with Crippen LogP contribution in [0.5, 0.6) is 0 Å². The molecule has 0 fully saturated rings. The molecule has 0 aliphatic heterocycles. The third kappa shape index (κ3) is 8.60. The van der Waals surface area contributed by atoms with Gasteiger partial charge in [-0.2, -0.15) is 0 Å². The minimum absolute atomic E-state index is 0. The monoisotopic (exact) mass is 1120 g/mol. The smallest absolute Gasteiger partial charge is 0.352 e. The molecule has 0 aliphatic rings. The molecular formula is C67H41IrN6. The number of fused-ring (bicyclic) bond motifs is 3. The molecule has 6 nitrogen and oxygen atoms in total. The SMILES string of the molecule is [Ir+3].[c-]1cc(-c2ccccc2-c2cc(-c3ccccc3-c3c[c-]c(-c4ccccn4)cn3)cc(-c3ccccc3-c3c[c-]c(-c4ccccn4)cc3-n3c4ccccc4c4ccccc43)c2)ncc1-c1ccccn1. The maximum Gasteiger partial charge on any atom is 3.00 e. The van der Waals surface area contributed by atoms with Crippen molar-refractivity contribution < 1.29 is 20.1 Å². The van der Waals surface area contributed by atoms with Crippen molar-refractivity contribution in [1.29, 1.82) is 0 Å². The topological polar surface area (TPSA) is 69.4 Å². The average molecular weight is 1120 g/mol. The van der Waals surface area contributed by atoms with Gasteiger partial charge in [0.15, 0.2) is 0 Å². The summed E-state index contributed by atoms with van der Waals surface area (Å²) in [6, 6.07) is 86.7. The van der Waals surface area contributed by atoms with Crippen molar-refractivity contribution in [2.45, 2.75) is 0 Å². The minimum Gasteiger partial charge on any atom is -0.352 e. The number of hydrogen-bond acceptors (Lipinski definition) is 5. The molecule has 0 N–H and O–H groups in total. The molecule has 0 spiro atoms. The summed E-state index contributed by atoms with van der Waals surface area (Å²) in [5.74, 6) is 0. The largest absolute Gasteiger partial charge is 3.00 e. The third-order valence-electron chi connectivity index (χ3n) is 13.5. The summed E-state index contributed by atoms with van der Waals surface area (Å²) in [5.41, 5.74) is 20.3. The Bertz CT molecular complexity index is 3920. The van der Waals surface area contributed by atoms with E-state index in [4.69, 9.17) is 15.0 Å². The number of nitrogens with zero attached hydrogens (tertiary/aromatic N) is 6. The van der Waals surface area contributed by atoms with E-state index in [0.717, 1.165) is 118 Å². The quantitative estimate of drug-likeness (QED) is 0.128. The van der Waals surface area contributed by atoms with Crippen molar-refractivity contribution in [2.75, 3.05) is 0 Å². The van der Waals surface area contributed by atoms with Gasteiger partial charge in [-0.05, 0) is 127 Å². The zero-order valence-corrected chi connectivity index (χ0v) is 42.1. The number of benzene rings is 7. The van der Waals surface area contributed by atoms with E-state index in [1.54, 1.807) is 12.4 Å². The van der Waals surface area contributed by atoms with E-state index in [9.17, 15) is 0 Å². The van der Waals surface area contributed by atoms with Crippen LogP contribution in [0.3, 0.4) is 0 Å². The van der Waals surface area contributed by atoms with Crippen LogP contribution in [0.4, 0.5) is 0 Å². The molecule has 348 valence electrons. The fourth-order valence-electron chi connectivity index (χ4n) is 10.0. The van der Waals surface area contributed by atoms with Crippen LogP contribution in [0.2, 0.25) is 0 Å². The standard InChI is InChI=1S/C67H41N6.Ir/c1-4-20-54(59-33-30-45(60-25-11-14-36-68-60)42-67(59)73-65-28-9-7-23-57(65)58-24-8-10-29-66(58)73)51(17-1)48-39-49(52-18-2-5-21-55(52)63-34-31-46(43-71-63)61-26-12-15-37-69-61)41-50(40-48)53-19-3-6-22-56(53)64-35-32-47(44-72-64)62-27-13-16-38-70-62;/h1-29,33-44H;/q-3;+3. The average Bonchev–Trinajstić information content (AvgIpc) is 3.83. The van der Waals surface area contributed by atoms with Gasteiger partial charge in [0.05, 0.1) is 11.0 Å². The molecule has 0 saturated heterocycles. The van der Waals surface area contributed by atoms with Gasteiger partial charge in [0.1, 0.15) is 0 Å².